The molecule has 13 heavy (non-hydrogen) atoms. The first-order chi connectivity index (χ1) is 6.38. The van der Waals surface area contributed by atoms with Crippen molar-refractivity contribution in [2.75, 3.05) is 12.4 Å². The Morgan fingerprint density at radius 1 is 1.38 bits per heavy atom. The van der Waals surface area contributed by atoms with Crippen LogP contribution >= 0.6 is 11.8 Å². The molecule has 0 saturated carbocycles. The smallest absolute Gasteiger partial charge is 0.0988 e. The largest absolute Gasteiger partial charge is 0.316 e. The van der Waals surface area contributed by atoms with E-state index in [1.165, 1.54) is 11.8 Å². The lowest BCUT2D eigenvalue weighted by atomic mass is 10.2. The summed E-state index contributed by atoms with van der Waals surface area (Å²) in [5.41, 5.74) is 3.08. The van der Waals surface area contributed by atoms with Crippen molar-refractivity contribution < 1.29 is 9.60 Å². The Kier molecular flexibility index (Phi) is 4.82. The number of benzene rings is 1. The first-order valence-electron chi connectivity index (χ1n) is 4.02. The maximum absolute atomic E-state index is 11.9. The van der Waals surface area contributed by atoms with E-state index in [0.717, 1.165) is 10.5 Å². The van der Waals surface area contributed by atoms with Crippen molar-refractivity contribution in [1.82, 2.24) is 5.48 Å². The molecule has 2 N–H and O–H groups in total. The van der Waals surface area contributed by atoms with Gasteiger partial charge >= 0.3 is 0 Å². The van der Waals surface area contributed by atoms with Crippen LogP contribution in [0.1, 0.15) is 5.56 Å². The fourth-order valence-electron chi connectivity index (χ4n) is 1.02. The highest BCUT2D eigenvalue weighted by atomic mass is 32.2. The zero-order valence-electron chi connectivity index (χ0n) is 7.16. The van der Waals surface area contributed by atoms with Gasteiger partial charge in [0.15, 0.2) is 0 Å². The molecule has 0 aliphatic heterocycles. The van der Waals surface area contributed by atoms with Crippen molar-refractivity contribution >= 4 is 11.8 Å². The fraction of sp³-hybridized carbons (Fsp3) is 0.333. The lowest BCUT2D eigenvalue weighted by Crippen LogP contribution is -2.07. The molecule has 0 atom stereocenters. The molecule has 0 bridgehead atoms. The van der Waals surface area contributed by atoms with Gasteiger partial charge in [-0.15, -0.1) is 11.8 Å². The van der Waals surface area contributed by atoms with Crippen molar-refractivity contribution in [3.05, 3.63) is 29.8 Å². The molecule has 0 heterocycles. The normalized spacial score (nSPS) is 10.3. The minimum absolute atomic E-state index is 0.328. The zero-order chi connectivity index (χ0) is 9.52. The SMILES string of the molecule is ONCc1ccccc1SCCF. The van der Waals surface area contributed by atoms with Gasteiger partial charge in [-0.2, -0.15) is 0 Å². The molecule has 0 spiro atoms. The van der Waals surface area contributed by atoms with E-state index < -0.39 is 0 Å². The van der Waals surface area contributed by atoms with Gasteiger partial charge in [-0.05, 0) is 11.6 Å². The van der Waals surface area contributed by atoms with E-state index >= 15 is 0 Å². The first kappa shape index (κ1) is 10.5. The maximum Gasteiger partial charge on any atom is 0.0988 e. The molecule has 0 radical (unpaired) electrons. The quantitative estimate of drug-likeness (QED) is 0.566. The zero-order valence-corrected chi connectivity index (χ0v) is 7.98. The Balaban J connectivity index is 2.66. The van der Waals surface area contributed by atoms with E-state index in [9.17, 15) is 4.39 Å². The molecule has 1 aromatic rings. The molecular formula is C9H12FNOS. The summed E-state index contributed by atoms with van der Waals surface area (Å²) in [5.74, 6) is 0.461. The molecule has 0 aliphatic rings. The van der Waals surface area contributed by atoms with Crippen LogP contribution in [0, 0.1) is 0 Å². The van der Waals surface area contributed by atoms with Crippen LogP contribution in [-0.4, -0.2) is 17.6 Å². The van der Waals surface area contributed by atoms with Crippen LogP contribution in [0.4, 0.5) is 4.39 Å². The predicted molar refractivity (Wildman–Crippen MR) is 51.8 cm³/mol. The standard InChI is InChI=1S/C9H12FNOS/c10-5-6-13-9-4-2-1-3-8(9)7-11-12/h1-4,11-12H,5-7H2. The van der Waals surface area contributed by atoms with E-state index in [0.29, 0.717) is 12.3 Å². The number of rotatable bonds is 5. The molecule has 0 fully saturated rings. The topological polar surface area (TPSA) is 32.3 Å². The second-order valence-electron chi connectivity index (χ2n) is 2.48. The number of halogens is 1. The fourth-order valence-corrected chi connectivity index (χ4v) is 1.82. The lowest BCUT2D eigenvalue weighted by molar-refractivity contribution is 0.160. The van der Waals surface area contributed by atoms with Crippen molar-refractivity contribution in [3.8, 4) is 0 Å². The van der Waals surface area contributed by atoms with Gasteiger partial charge in [-0.3, -0.25) is 4.39 Å². The van der Waals surface area contributed by atoms with Gasteiger partial charge in [-0.25, -0.2) is 5.48 Å². The van der Waals surface area contributed by atoms with Crippen molar-refractivity contribution in [1.29, 1.82) is 0 Å². The number of hydroxylamine groups is 1. The number of alkyl halides is 1. The molecule has 0 amide bonds. The predicted octanol–water partition coefficient (Wildman–Crippen LogP) is 2.23. The Morgan fingerprint density at radius 3 is 2.85 bits per heavy atom. The van der Waals surface area contributed by atoms with Crippen LogP contribution in [0.15, 0.2) is 29.2 Å². The monoisotopic (exact) mass is 201 g/mol. The lowest BCUT2D eigenvalue weighted by Gasteiger charge is -2.06. The van der Waals surface area contributed by atoms with Gasteiger partial charge in [0.05, 0.1) is 6.67 Å². The Hall–Kier alpha value is -0.580. The number of nitrogens with one attached hydrogen (secondary N) is 1. The van der Waals surface area contributed by atoms with Crippen molar-refractivity contribution in [2.45, 2.75) is 11.4 Å². The van der Waals surface area contributed by atoms with Gasteiger partial charge in [0.25, 0.3) is 0 Å². The highest BCUT2D eigenvalue weighted by Gasteiger charge is 2.00. The minimum atomic E-state index is -0.328. The van der Waals surface area contributed by atoms with E-state index in [1.54, 1.807) is 0 Å². The highest BCUT2D eigenvalue weighted by Crippen LogP contribution is 2.22. The number of thioether (sulfide) groups is 1. The van der Waals surface area contributed by atoms with Crippen LogP contribution in [0.5, 0.6) is 0 Å². The third-order valence-electron chi connectivity index (χ3n) is 1.58. The summed E-state index contributed by atoms with van der Waals surface area (Å²) in [5, 5.41) is 8.54. The van der Waals surface area contributed by atoms with Crippen LogP contribution in [0.3, 0.4) is 0 Å². The average molecular weight is 201 g/mol. The number of hydrogen-bond acceptors (Lipinski definition) is 3. The van der Waals surface area contributed by atoms with Gasteiger partial charge in [-0.1, -0.05) is 18.2 Å². The molecule has 0 unspecified atom stereocenters. The summed E-state index contributed by atoms with van der Waals surface area (Å²) in [6, 6.07) is 7.63. The van der Waals surface area contributed by atoms with Crippen LogP contribution < -0.4 is 5.48 Å². The molecule has 2 nitrogen and oxygen atoms in total. The summed E-state index contributed by atoms with van der Waals surface area (Å²) in [7, 11) is 0. The van der Waals surface area contributed by atoms with Crippen molar-refractivity contribution in [3.63, 3.8) is 0 Å². The van der Waals surface area contributed by atoms with E-state index in [4.69, 9.17) is 5.21 Å². The molecule has 1 aromatic carbocycles. The molecule has 1 rings (SSSR count). The maximum atomic E-state index is 11.9. The molecule has 0 saturated heterocycles. The average Bonchev–Trinajstić information content (AvgIpc) is 2.17. The second kappa shape index (κ2) is 5.96. The Morgan fingerprint density at radius 2 is 2.15 bits per heavy atom. The Labute approximate surface area is 81.1 Å². The third-order valence-corrected chi connectivity index (χ3v) is 2.64. The van der Waals surface area contributed by atoms with Gasteiger partial charge < -0.3 is 5.21 Å². The van der Waals surface area contributed by atoms with Crippen LogP contribution in [0.25, 0.3) is 0 Å². The Bertz CT molecular complexity index is 257. The van der Waals surface area contributed by atoms with Crippen LogP contribution in [-0.2, 0) is 6.54 Å². The molecule has 0 aliphatic carbocycles. The van der Waals surface area contributed by atoms with Crippen LogP contribution in [0.2, 0.25) is 0 Å². The third kappa shape index (κ3) is 3.34. The van der Waals surface area contributed by atoms with E-state index in [2.05, 4.69) is 5.48 Å². The van der Waals surface area contributed by atoms with Gasteiger partial charge in [0.2, 0.25) is 0 Å². The minimum Gasteiger partial charge on any atom is -0.316 e. The van der Waals surface area contributed by atoms with Gasteiger partial charge in [0, 0.05) is 17.2 Å². The molecule has 72 valence electrons. The summed E-state index contributed by atoms with van der Waals surface area (Å²) in [6.45, 7) is 0.0704. The molecular weight excluding hydrogens is 189 g/mol. The van der Waals surface area contributed by atoms with E-state index in [1.807, 2.05) is 24.3 Å². The first-order valence-corrected chi connectivity index (χ1v) is 5.00. The summed E-state index contributed by atoms with van der Waals surface area (Å²) < 4.78 is 11.9. The number of hydrogen-bond donors (Lipinski definition) is 2. The second-order valence-corrected chi connectivity index (χ2v) is 3.62. The van der Waals surface area contributed by atoms with Crippen molar-refractivity contribution in [2.24, 2.45) is 0 Å². The molecule has 0 aromatic heterocycles. The van der Waals surface area contributed by atoms with Gasteiger partial charge in [0.1, 0.15) is 0 Å². The molecule has 4 heteroatoms. The summed E-state index contributed by atoms with van der Waals surface area (Å²) in [6.07, 6.45) is 0. The highest BCUT2D eigenvalue weighted by molar-refractivity contribution is 7.99. The summed E-state index contributed by atoms with van der Waals surface area (Å²) >= 11 is 1.46. The summed E-state index contributed by atoms with van der Waals surface area (Å²) in [4.78, 5) is 1.02. The van der Waals surface area contributed by atoms with E-state index in [-0.39, 0.29) is 6.67 Å².